The summed E-state index contributed by atoms with van der Waals surface area (Å²) in [6.45, 7) is 1.98. The van der Waals surface area contributed by atoms with Crippen molar-refractivity contribution < 1.29 is 14.7 Å². The first-order chi connectivity index (χ1) is 15.4. The maximum absolute atomic E-state index is 13.2. The van der Waals surface area contributed by atoms with Crippen molar-refractivity contribution in [2.24, 2.45) is 0 Å². The van der Waals surface area contributed by atoms with Gasteiger partial charge in [0.25, 0.3) is 5.78 Å². The van der Waals surface area contributed by atoms with Crippen LogP contribution in [-0.4, -0.2) is 21.8 Å². The van der Waals surface area contributed by atoms with Gasteiger partial charge in [-0.1, -0.05) is 71.5 Å². The summed E-state index contributed by atoms with van der Waals surface area (Å²) >= 11 is 7.57. The Labute approximate surface area is 193 Å². The number of Topliss-reactive ketones (excluding diaryl/α,β-unsaturated/α-hetero) is 1. The van der Waals surface area contributed by atoms with Crippen molar-refractivity contribution in [3.63, 3.8) is 0 Å². The van der Waals surface area contributed by atoms with Gasteiger partial charge in [0.1, 0.15) is 5.76 Å². The number of nitrogens with zero attached hydrogens (tertiary/aromatic N) is 2. The van der Waals surface area contributed by atoms with E-state index in [0.29, 0.717) is 21.3 Å². The van der Waals surface area contributed by atoms with Crippen LogP contribution < -0.4 is 4.90 Å². The number of hydrogen-bond donors (Lipinski definition) is 1. The van der Waals surface area contributed by atoms with Gasteiger partial charge in [-0.2, -0.15) is 0 Å². The molecule has 1 fully saturated rings. The zero-order chi connectivity index (χ0) is 22.4. The van der Waals surface area contributed by atoms with E-state index in [9.17, 15) is 14.7 Å². The zero-order valence-electron chi connectivity index (χ0n) is 16.9. The third-order valence-corrected chi connectivity index (χ3v) is 6.65. The number of aryl methyl sites for hydroxylation is 1. The number of carbonyl (C=O) groups excluding carboxylic acids is 2. The molecule has 32 heavy (non-hydrogen) atoms. The molecule has 7 heteroatoms. The molecule has 0 aliphatic carbocycles. The van der Waals surface area contributed by atoms with Crippen LogP contribution in [0.4, 0.5) is 5.13 Å². The number of aliphatic hydroxyl groups excluding tert-OH is 1. The summed E-state index contributed by atoms with van der Waals surface area (Å²) in [6.07, 6.45) is 0. The van der Waals surface area contributed by atoms with Crippen LogP contribution in [0.1, 0.15) is 22.7 Å². The number of halogens is 1. The standard InChI is InChI=1S/C25H17ClN2O3S/c1-14-10-11-18-19(12-14)32-25(27-18)28-21(16-8-5-9-17(26)13-16)20(23(30)24(28)31)22(29)15-6-3-2-4-7-15/h2-13,21,29H,1H3/b22-20+/t21-/m0/s1. The number of aliphatic hydroxyl groups is 1. The number of hydrogen-bond acceptors (Lipinski definition) is 5. The average Bonchev–Trinajstić information content (AvgIpc) is 3.32. The normalized spacial score (nSPS) is 17.9. The molecule has 1 amide bonds. The predicted molar refractivity (Wildman–Crippen MR) is 127 cm³/mol. The van der Waals surface area contributed by atoms with Crippen LogP contribution >= 0.6 is 22.9 Å². The summed E-state index contributed by atoms with van der Waals surface area (Å²) in [4.78, 5) is 32.4. The SMILES string of the molecule is Cc1ccc2nc(N3C(=O)C(=O)/C(=C(/O)c4ccccc4)[C@@H]3c3cccc(Cl)c3)sc2c1. The lowest BCUT2D eigenvalue weighted by Crippen LogP contribution is -2.29. The van der Waals surface area contributed by atoms with Gasteiger partial charge in [-0.05, 0) is 42.3 Å². The molecule has 158 valence electrons. The Balaban J connectivity index is 1.75. The van der Waals surface area contributed by atoms with Gasteiger partial charge in [-0.3, -0.25) is 14.5 Å². The first-order valence-electron chi connectivity index (χ1n) is 9.93. The molecule has 1 aliphatic rings. The third-order valence-electron chi connectivity index (χ3n) is 5.39. The molecular weight excluding hydrogens is 444 g/mol. The van der Waals surface area contributed by atoms with Gasteiger partial charge in [0.15, 0.2) is 5.13 Å². The molecule has 0 spiro atoms. The summed E-state index contributed by atoms with van der Waals surface area (Å²) in [6, 6.07) is 20.6. The van der Waals surface area contributed by atoms with Crippen LogP contribution in [0.5, 0.6) is 0 Å². The fourth-order valence-corrected chi connectivity index (χ4v) is 5.19. The number of rotatable bonds is 3. The van der Waals surface area contributed by atoms with E-state index >= 15 is 0 Å². The van der Waals surface area contributed by atoms with Crippen molar-refractivity contribution in [2.75, 3.05) is 4.90 Å². The molecule has 1 N–H and O–H groups in total. The van der Waals surface area contributed by atoms with Gasteiger partial charge >= 0.3 is 5.91 Å². The summed E-state index contributed by atoms with van der Waals surface area (Å²) in [5.74, 6) is -1.72. The number of amides is 1. The van der Waals surface area contributed by atoms with E-state index in [1.165, 1.54) is 16.2 Å². The molecule has 0 radical (unpaired) electrons. The number of benzene rings is 3. The Bertz CT molecular complexity index is 1410. The van der Waals surface area contributed by atoms with Crippen LogP contribution in [0, 0.1) is 6.92 Å². The van der Waals surface area contributed by atoms with Gasteiger partial charge in [0, 0.05) is 10.6 Å². The molecule has 0 saturated carbocycles. The molecule has 1 aromatic heterocycles. The molecule has 3 aromatic carbocycles. The van der Waals surface area contributed by atoms with Crippen LogP contribution in [-0.2, 0) is 9.59 Å². The Morgan fingerprint density at radius 3 is 2.56 bits per heavy atom. The maximum atomic E-state index is 13.2. The fraction of sp³-hybridized carbons (Fsp3) is 0.0800. The number of carbonyl (C=O) groups is 2. The molecule has 5 rings (SSSR count). The van der Waals surface area contributed by atoms with Crippen LogP contribution in [0.3, 0.4) is 0 Å². The van der Waals surface area contributed by atoms with E-state index in [1.54, 1.807) is 48.5 Å². The molecular formula is C25H17ClN2O3S. The van der Waals surface area contributed by atoms with E-state index in [2.05, 4.69) is 4.98 Å². The lowest BCUT2D eigenvalue weighted by molar-refractivity contribution is -0.132. The Hall–Kier alpha value is -3.48. The fourth-order valence-electron chi connectivity index (χ4n) is 3.90. The van der Waals surface area contributed by atoms with Crippen LogP contribution in [0.25, 0.3) is 16.0 Å². The zero-order valence-corrected chi connectivity index (χ0v) is 18.5. The second-order valence-electron chi connectivity index (χ2n) is 7.56. The minimum atomic E-state index is -0.851. The van der Waals surface area contributed by atoms with Crippen molar-refractivity contribution >= 4 is 55.7 Å². The minimum absolute atomic E-state index is 0.0129. The Morgan fingerprint density at radius 1 is 1.03 bits per heavy atom. The van der Waals surface area contributed by atoms with Crippen LogP contribution in [0.15, 0.2) is 78.4 Å². The van der Waals surface area contributed by atoms with Crippen molar-refractivity contribution in [1.29, 1.82) is 0 Å². The molecule has 5 nitrogen and oxygen atoms in total. The monoisotopic (exact) mass is 460 g/mol. The lowest BCUT2D eigenvalue weighted by Gasteiger charge is -2.23. The topological polar surface area (TPSA) is 70.5 Å². The summed E-state index contributed by atoms with van der Waals surface area (Å²) in [5, 5.41) is 11.9. The first-order valence-corrected chi connectivity index (χ1v) is 11.1. The van der Waals surface area contributed by atoms with E-state index in [4.69, 9.17) is 11.6 Å². The van der Waals surface area contributed by atoms with E-state index < -0.39 is 17.7 Å². The molecule has 1 atom stereocenters. The third kappa shape index (κ3) is 3.38. The van der Waals surface area contributed by atoms with Gasteiger partial charge < -0.3 is 5.11 Å². The highest BCUT2D eigenvalue weighted by atomic mass is 35.5. The molecule has 0 bridgehead atoms. The Kier molecular flexibility index (Phi) is 5.04. The highest BCUT2D eigenvalue weighted by Gasteiger charge is 2.48. The lowest BCUT2D eigenvalue weighted by atomic mass is 9.95. The van der Waals surface area contributed by atoms with Gasteiger partial charge in [-0.25, -0.2) is 4.98 Å². The molecule has 4 aromatic rings. The number of aromatic nitrogens is 1. The summed E-state index contributed by atoms with van der Waals surface area (Å²) in [5.41, 5.74) is 2.90. The van der Waals surface area contributed by atoms with E-state index in [1.807, 2.05) is 31.2 Å². The van der Waals surface area contributed by atoms with Crippen molar-refractivity contribution in [3.05, 3.63) is 100 Å². The van der Waals surface area contributed by atoms with Gasteiger partial charge in [0.05, 0.1) is 21.8 Å². The number of ketones is 1. The second-order valence-corrected chi connectivity index (χ2v) is 9.00. The first kappa shape index (κ1) is 20.4. The van der Waals surface area contributed by atoms with E-state index in [-0.39, 0.29) is 11.3 Å². The quantitative estimate of drug-likeness (QED) is 0.235. The average molecular weight is 461 g/mol. The minimum Gasteiger partial charge on any atom is -0.507 e. The molecule has 1 saturated heterocycles. The van der Waals surface area contributed by atoms with E-state index in [0.717, 1.165) is 15.8 Å². The van der Waals surface area contributed by atoms with Crippen molar-refractivity contribution in [3.8, 4) is 0 Å². The highest BCUT2D eigenvalue weighted by molar-refractivity contribution is 7.22. The molecule has 0 unspecified atom stereocenters. The molecule has 2 heterocycles. The highest BCUT2D eigenvalue weighted by Crippen LogP contribution is 2.44. The van der Waals surface area contributed by atoms with Gasteiger partial charge in [0.2, 0.25) is 0 Å². The summed E-state index contributed by atoms with van der Waals surface area (Å²) < 4.78 is 0.912. The van der Waals surface area contributed by atoms with Crippen molar-refractivity contribution in [2.45, 2.75) is 13.0 Å². The number of thiazole rings is 1. The number of anilines is 1. The van der Waals surface area contributed by atoms with Crippen molar-refractivity contribution in [1.82, 2.24) is 4.98 Å². The maximum Gasteiger partial charge on any atom is 0.301 e. The Morgan fingerprint density at radius 2 is 1.81 bits per heavy atom. The summed E-state index contributed by atoms with van der Waals surface area (Å²) in [7, 11) is 0. The predicted octanol–water partition coefficient (Wildman–Crippen LogP) is 5.88. The smallest absolute Gasteiger partial charge is 0.301 e. The molecule has 1 aliphatic heterocycles. The second kappa shape index (κ2) is 7.89. The van der Waals surface area contributed by atoms with Gasteiger partial charge in [-0.15, -0.1) is 0 Å². The van der Waals surface area contributed by atoms with Crippen LogP contribution in [0.2, 0.25) is 5.02 Å². The largest absolute Gasteiger partial charge is 0.507 e. The number of fused-ring (bicyclic) bond motifs is 1.